The third-order valence-electron chi connectivity index (χ3n) is 9.02. The second-order valence-electron chi connectivity index (χ2n) is 11.1. The van der Waals surface area contributed by atoms with Crippen molar-refractivity contribution in [3.63, 3.8) is 0 Å². The lowest BCUT2D eigenvalue weighted by Gasteiger charge is -2.57. The first-order valence-corrected chi connectivity index (χ1v) is 12.4. The minimum Gasteiger partial charge on any atom is -0.455 e. The molecular formula is C30H29N2O+. The van der Waals surface area contributed by atoms with Gasteiger partial charge < -0.3 is 4.42 Å². The van der Waals surface area contributed by atoms with Crippen LogP contribution in [-0.4, -0.2) is 0 Å². The van der Waals surface area contributed by atoms with E-state index in [1.54, 1.807) is 0 Å². The van der Waals surface area contributed by atoms with Gasteiger partial charge in [0.2, 0.25) is 5.69 Å². The highest BCUT2D eigenvalue weighted by Crippen LogP contribution is 2.62. The third kappa shape index (κ3) is 2.64. The van der Waals surface area contributed by atoms with Crippen molar-refractivity contribution in [1.82, 2.24) is 0 Å². The average molecular weight is 434 g/mol. The lowest BCUT2D eigenvalue weighted by atomic mass is 9.47. The van der Waals surface area contributed by atoms with Crippen molar-refractivity contribution in [1.29, 1.82) is 5.26 Å². The van der Waals surface area contributed by atoms with E-state index in [0.717, 1.165) is 56.5 Å². The van der Waals surface area contributed by atoms with Gasteiger partial charge in [-0.25, -0.2) is 4.57 Å². The van der Waals surface area contributed by atoms with Crippen molar-refractivity contribution < 1.29 is 8.98 Å². The molecule has 0 N–H and O–H groups in total. The maximum absolute atomic E-state index is 10.2. The van der Waals surface area contributed by atoms with Gasteiger partial charge in [-0.1, -0.05) is 12.1 Å². The van der Waals surface area contributed by atoms with Crippen LogP contribution in [0.25, 0.3) is 33.2 Å². The molecule has 33 heavy (non-hydrogen) atoms. The molecule has 4 fully saturated rings. The van der Waals surface area contributed by atoms with Gasteiger partial charge in [0.1, 0.15) is 18.2 Å². The highest BCUT2D eigenvalue weighted by atomic mass is 16.3. The summed E-state index contributed by atoms with van der Waals surface area (Å²) in [6.45, 7) is 2.16. The Bertz CT molecular complexity index is 1450. The number of nitrogens with zero attached hydrogens (tertiary/aromatic N) is 2. The summed E-state index contributed by atoms with van der Waals surface area (Å²) >= 11 is 0. The van der Waals surface area contributed by atoms with Crippen molar-refractivity contribution in [2.75, 3.05) is 0 Å². The molecule has 0 amide bonds. The van der Waals surface area contributed by atoms with Crippen molar-refractivity contribution in [3.8, 4) is 17.3 Å². The predicted molar refractivity (Wildman–Crippen MR) is 130 cm³/mol. The molecule has 2 aromatic heterocycles. The largest absolute Gasteiger partial charge is 0.455 e. The molecule has 0 unspecified atom stereocenters. The summed E-state index contributed by atoms with van der Waals surface area (Å²) in [4.78, 5) is 0. The van der Waals surface area contributed by atoms with Gasteiger partial charge in [0, 0.05) is 33.9 Å². The van der Waals surface area contributed by atoms with E-state index in [1.165, 1.54) is 49.7 Å². The zero-order chi connectivity index (χ0) is 22.3. The first-order valence-electron chi connectivity index (χ1n) is 12.4. The van der Waals surface area contributed by atoms with Gasteiger partial charge in [-0.2, -0.15) is 5.26 Å². The zero-order valence-corrected chi connectivity index (χ0v) is 19.4. The molecule has 4 aromatic rings. The number of aryl methyl sites for hydroxylation is 2. The van der Waals surface area contributed by atoms with Gasteiger partial charge in [0.15, 0.2) is 6.20 Å². The molecule has 2 heterocycles. The number of benzene rings is 2. The fraction of sp³-hybridized carbons (Fsp3) is 0.400. The summed E-state index contributed by atoms with van der Waals surface area (Å²) in [5, 5.41) is 12.5. The van der Waals surface area contributed by atoms with Crippen LogP contribution in [-0.2, 0) is 12.5 Å². The maximum Gasteiger partial charge on any atom is 0.216 e. The number of furan rings is 1. The SMILES string of the molecule is Cc1ccc2c(oc3c(C45CC6CC(CC(C6)C4)C5)c(C#N)ccc32)c1-c1cccc[n+]1C. The van der Waals surface area contributed by atoms with Crippen molar-refractivity contribution in [2.24, 2.45) is 24.8 Å². The Morgan fingerprint density at radius 2 is 1.58 bits per heavy atom. The minimum absolute atomic E-state index is 0.111. The summed E-state index contributed by atoms with van der Waals surface area (Å²) in [5.41, 5.74) is 7.59. The van der Waals surface area contributed by atoms with E-state index >= 15 is 0 Å². The normalized spacial score (nSPS) is 28.0. The Kier molecular flexibility index (Phi) is 3.93. The molecule has 3 nitrogen and oxygen atoms in total. The predicted octanol–water partition coefficient (Wildman–Crippen LogP) is 6.73. The molecule has 8 rings (SSSR count). The highest BCUT2D eigenvalue weighted by Gasteiger charge is 2.53. The molecule has 4 aliphatic carbocycles. The van der Waals surface area contributed by atoms with Gasteiger partial charge in [-0.05, 0) is 87.0 Å². The lowest BCUT2D eigenvalue weighted by molar-refractivity contribution is -0.660. The fourth-order valence-electron chi connectivity index (χ4n) is 8.14. The molecule has 0 aliphatic heterocycles. The van der Waals surface area contributed by atoms with Gasteiger partial charge in [0.25, 0.3) is 0 Å². The van der Waals surface area contributed by atoms with Crippen LogP contribution in [0, 0.1) is 36.0 Å². The zero-order valence-electron chi connectivity index (χ0n) is 19.4. The van der Waals surface area contributed by atoms with Crippen LogP contribution in [0.4, 0.5) is 0 Å². The van der Waals surface area contributed by atoms with Crippen LogP contribution < -0.4 is 4.57 Å². The lowest BCUT2D eigenvalue weighted by Crippen LogP contribution is -2.48. The van der Waals surface area contributed by atoms with Crippen molar-refractivity contribution in [2.45, 2.75) is 50.9 Å². The summed E-state index contributed by atoms with van der Waals surface area (Å²) < 4.78 is 9.03. The number of fused-ring (bicyclic) bond motifs is 3. The van der Waals surface area contributed by atoms with Crippen LogP contribution in [0.5, 0.6) is 0 Å². The standard InChI is InChI=1S/C30H29N2O/c1-18-6-8-23-24-9-7-22(17-31)27(30-14-19-11-20(15-30)13-21(12-19)16-30)29(24)33-28(23)26(18)25-5-3-4-10-32(25)2/h3-10,19-21H,11-16H2,1-2H3/q+1. The van der Waals surface area contributed by atoms with Gasteiger partial charge in [-0.15, -0.1) is 0 Å². The highest BCUT2D eigenvalue weighted by molar-refractivity contribution is 6.11. The second kappa shape index (κ2) is 6.70. The van der Waals surface area contributed by atoms with Crippen LogP contribution in [0.2, 0.25) is 0 Å². The number of pyridine rings is 1. The summed E-state index contributed by atoms with van der Waals surface area (Å²) in [7, 11) is 2.09. The van der Waals surface area contributed by atoms with E-state index in [0.29, 0.717) is 0 Å². The molecule has 0 saturated heterocycles. The third-order valence-corrected chi connectivity index (χ3v) is 9.02. The molecule has 3 heteroatoms. The van der Waals surface area contributed by atoms with Crippen LogP contribution in [0.15, 0.2) is 53.1 Å². The molecule has 4 bridgehead atoms. The minimum atomic E-state index is 0.111. The molecule has 0 spiro atoms. The van der Waals surface area contributed by atoms with Crippen molar-refractivity contribution in [3.05, 3.63) is 65.4 Å². The number of hydrogen-bond acceptors (Lipinski definition) is 2. The van der Waals surface area contributed by atoms with Gasteiger partial charge >= 0.3 is 0 Å². The van der Waals surface area contributed by atoms with E-state index in [2.05, 4.69) is 73.3 Å². The Hall–Kier alpha value is -3.12. The quantitative estimate of drug-likeness (QED) is 0.329. The van der Waals surface area contributed by atoms with E-state index in [-0.39, 0.29) is 5.41 Å². The van der Waals surface area contributed by atoms with Crippen LogP contribution >= 0.6 is 0 Å². The molecular weight excluding hydrogens is 404 g/mol. The Balaban J connectivity index is 1.55. The number of aromatic nitrogens is 1. The Morgan fingerprint density at radius 3 is 2.24 bits per heavy atom. The molecule has 2 aromatic carbocycles. The maximum atomic E-state index is 10.2. The second-order valence-corrected chi connectivity index (χ2v) is 11.1. The first kappa shape index (κ1) is 19.4. The monoisotopic (exact) mass is 433 g/mol. The number of hydrogen-bond donors (Lipinski definition) is 0. The van der Waals surface area contributed by atoms with E-state index in [1.807, 2.05) is 0 Å². The summed E-state index contributed by atoms with van der Waals surface area (Å²) in [5.74, 6) is 2.47. The number of nitriles is 1. The number of rotatable bonds is 2. The topological polar surface area (TPSA) is 40.8 Å². The van der Waals surface area contributed by atoms with E-state index in [4.69, 9.17) is 4.42 Å². The molecule has 164 valence electrons. The van der Waals surface area contributed by atoms with Gasteiger partial charge in [0.05, 0.1) is 17.2 Å². The smallest absolute Gasteiger partial charge is 0.216 e. The van der Waals surface area contributed by atoms with Crippen LogP contribution in [0.1, 0.15) is 55.2 Å². The first-order chi connectivity index (χ1) is 16.1. The van der Waals surface area contributed by atoms with Crippen molar-refractivity contribution >= 4 is 21.9 Å². The Labute approximate surface area is 194 Å². The van der Waals surface area contributed by atoms with E-state index < -0.39 is 0 Å². The molecule has 0 radical (unpaired) electrons. The van der Waals surface area contributed by atoms with Crippen LogP contribution in [0.3, 0.4) is 0 Å². The average Bonchev–Trinajstić information content (AvgIpc) is 3.16. The molecule has 0 atom stereocenters. The summed E-state index contributed by atoms with van der Waals surface area (Å²) in [6, 6.07) is 17.5. The fourth-order valence-corrected chi connectivity index (χ4v) is 8.14. The summed E-state index contributed by atoms with van der Waals surface area (Å²) in [6.07, 6.45) is 9.95. The van der Waals surface area contributed by atoms with Gasteiger partial charge in [-0.3, -0.25) is 0 Å². The Morgan fingerprint density at radius 1 is 0.909 bits per heavy atom. The molecule has 4 aliphatic rings. The molecule has 4 saturated carbocycles. The van der Waals surface area contributed by atoms with E-state index in [9.17, 15) is 5.26 Å².